The fourth-order valence-corrected chi connectivity index (χ4v) is 1.87. The van der Waals surface area contributed by atoms with Gasteiger partial charge < -0.3 is 4.42 Å². The maximum Gasteiger partial charge on any atom is 0.123 e. The third-order valence-corrected chi connectivity index (χ3v) is 2.85. The second-order valence-electron chi connectivity index (χ2n) is 3.79. The number of hydrogen-bond acceptors (Lipinski definition) is 1. The van der Waals surface area contributed by atoms with E-state index in [1.807, 2.05) is 13.0 Å². The summed E-state index contributed by atoms with van der Waals surface area (Å²) in [6.45, 7) is 1.88. The highest BCUT2D eigenvalue weighted by molar-refractivity contribution is 6.20. The van der Waals surface area contributed by atoms with Crippen LogP contribution in [0.2, 0.25) is 0 Å². The van der Waals surface area contributed by atoms with Crippen molar-refractivity contribution in [2.45, 2.75) is 18.7 Å². The normalized spacial score (nSPS) is 12.7. The molecule has 1 heterocycles. The topological polar surface area (TPSA) is 13.1 Å². The minimum atomic E-state index is -0.228. The van der Waals surface area contributed by atoms with Gasteiger partial charge in [-0.3, -0.25) is 0 Å². The van der Waals surface area contributed by atoms with E-state index in [0.717, 1.165) is 16.9 Å². The molecule has 0 N–H and O–H groups in total. The number of rotatable bonds is 3. The van der Waals surface area contributed by atoms with Gasteiger partial charge in [-0.25, -0.2) is 4.39 Å². The molecule has 0 bridgehead atoms. The molecule has 0 amide bonds. The summed E-state index contributed by atoms with van der Waals surface area (Å²) in [5.74, 6) is 0.619. The Bertz CT molecular complexity index is 461. The molecule has 1 aromatic carbocycles. The lowest BCUT2D eigenvalue weighted by Gasteiger charge is -2.06. The molecule has 84 valence electrons. The van der Waals surface area contributed by atoms with Crippen molar-refractivity contribution in [3.63, 3.8) is 0 Å². The van der Waals surface area contributed by atoms with Crippen molar-refractivity contribution in [2.24, 2.45) is 0 Å². The smallest absolute Gasteiger partial charge is 0.123 e. The monoisotopic (exact) mass is 238 g/mol. The Kier molecular flexibility index (Phi) is 3.30. The number of furan rings is 1. The molecule has 0 spiro atoms. The molecule has 0 aliphatic heterocycles. The molecule has 0 saturated carbocycles. The van der Waals surface area contributed by atoms with Gasteiger partial charge in [-0.1, -0.05) is 12.1 Å². The van der Waals surface area contributed by atoms with Crippen LogP contribution in [-0.2, 0) is 6.42 Å². The van der Waals surface area contributed by atoms with Crippen LogP contribution < -0.4 is 0 Å². The fraction of sp³-hybridized carbons (Fsp3) is 0.231. The molecule has 2 rings (SSSR count). The highest BCUT2D eigenvalue weighted by Gasteiger charge is 2.11. The molecule has 1 aromatic heterocycles. The Balaban J connectivity index is 2.07. The Hall–Kier alpha value is -1.28. The van der Waals surface area contributed by atoms with Crippen molar-refractivity contribution in [3.05, 3.63) is 59.3 Å². The summed E-state index contributed by atoms with van der Waals surface area (Å²) in [6.07, 6.45) is 2.33. The van der Waals surface area contributed by atoms with Crippen molar-refractivity contribution in [1.82, 2.24) is 0 Å². The average molecular weight is 239 g/mol. The molecule has 3 heteroatoms. The van der Waals surface area contributed by atoms with E-state index in [1.165, 1.54) is 12.1 Å². The van der Waals surface area contributed by atoms with Crippen LogP contribution in [0.3, 0.4) is 0 Å². The van der Waals surface area contributed by atoms with Gasteiger partial charge in [0.15, 0.2) is 0 Å². The van der Waals surface area contributed by atoms with Gasteiger partial charge in [0.05, 0.1) is 11.6 Å². The second-order valence-corrected chi connectivity index (χ2v) is 4.32. The Labute approximate surface area is 98.8 Å². The van der Waals surface area contributed by atoms with Gasteiger partial charge in [-0.15, -0.1) is 11.6 Å². The lowest BCUT2D eigenvalue weighted by molar-refractivity contribution is 0.531. The van der Waals surface area contributed by atoms with Gasteiger partial charge in [0.2, 0.25) is 0 Å². The highest BCUT2D eigenvalue weighted by atomic mass is 35.5. The van der Waals surface area contributed by atoms with E-state index >= 15 is 0 Å². The number of alkyl halides is 1. The molecular formula is C13H12ClFO. The maximum absolute atomic E-state index is 12.7. The first kappa shape index (κ1) is 11.2. The maximum atomic E-state index is 12.7. The molecule has 0 radical (unpaired) electrons. The summed E-state index contributed by atoms with van der Waals surface area (Å²) in [4.78, 5) is 0. The SMILES string of the molecule is Cc1cc(C(Cl)Cc2ccc(F)cc2)co1. The van der Waals surface area contributed by atoms with Gasteiger partial charge in [0.1, 0.15) is 11.6 Å². The number of benzene rings is 1. The van der Waals surface area contributed by atoms with Crippen molar-refractivity contribution in [3.8, 4) is 0 Å². The predicted octanol–water partition coefficient (Wildman–Crippen LogP) is 4.25. The van der Waals surface area contributed by atoms with Crippen molar-refractivity contribution >= 4 is 11.6 Å². The van der Waals surface area contributed by atoms with Crippen LogP contribution in [0.4, 0.5) is 4.39 Å². The highest BCUT2D eigenvalue weighted by Crippen LogP contribution is 2.26. The Morgan fingerprint density at radius 3 is 2.56 bits per heavy atom. The summed E-state index contributed by atoms with van der Waals surface area (Å²) in [6, 6.07) is 8.30. The molecule has 1 unspecified atom stereocenters. The summed E-state index contributed by atoms with van der Waals surface area (Å²) in [5, 5.41) is -0.136. The van der Waals surface area contributed by atoms with Crippen LogP contribution in [0.5, 0.6) is 0 Å². The van der Waals surface area contributed by atoms with E-state index in [0.29, 0.717) is 6.42 Å². The first-order valence-corrected chi connectivity index (χ1v) is 5.52. The van der Waals surface area contributed by atoms with E-state index in [9.17, 15) is 4.39 Å². The number of halogens is 2. The average Bonchev–Trinajstić information content (AvgIpc) is 2.68. The van der Waals surface area contributed by atoms with E-state index < -0.39 is 0 Å². The molecular weight excluding hydrogens is 227 g/mol. The van der Waals surface area contributed by atoms with Crippen molar-refractivity contribution < 1.29 is 8.81 Å². The van der Waals surface area contributed by atoms with Crippen LogP contribution in [0, 0.1) is 12.7 Å². The molecule has 2 aromatic rings. The van der Waals surface area contributed by atoms with Crippen LogP contribution in [-0.4, -0.2) is 0 Å². The second kappa shape index (κ2) is 4.71. The minimum absolute atomic E-state index is 0.136. The Morgan fingerprint density at radius 1 is 1.31 bits per heavy atom. The first-order chi connectivity index (χ1) is 7.65. The zero-order valence-electron chi connectivity index (χ0n) is 8.91. The number of hydrogen-bond donors (Lipinski definition) is 0. The van der Waals surface area contributed by atoms with Crippen LogP contribution >= 0.6 is 11.6 Å². The molecule has 1 nitrogen and oxygen atoms in total. The van der Waals surface area contributed by atoms with Gasteiger partial charge in [-0.05, 0) is 37.1 Å². The predicted molar refractivity (Wildman–Crippen MR) is 62.1 cm³/mol. The van der Waals surface area contributed by atoms with Crippen LogP contribution in [0.15, 0.2) is 41.0 Å². The first-order valence-electron chi connectivity index (χ1n) is 5.08. The lowest BCUT2D eigenvalue weighted by Crippen LogP contribution is -1.94. The van der Waals surface area contributed by atoms with E-state index in [4.69, 9.17) is 16.0 Å². The van der Waals surface area contributed by atoms with Gasteiger partial charge in [-0.2, -0.15) is 0 Å². The standard InChI is InChI=1S/C13H12ClFO/c1-9-6-11(8-16-9)13(14)7-10-2-4-12(15)5-3-10/h2-6,8,13H,7H2,1H3. The van der Waals surface area contributed by atoms with Crippen molar-refractivity contribution in [1.29, 1.82) is 0 Å². The van der Waals surface area contributed by atoms with E-state index in [1.54, 1.807) is 18.4 Å². The summed E-state index contributed by atoms with van der Waals surface area (Å²) in [7, 11) is 0. The zero-order valence-corrected chi connectivity index (χ0v) is 9.67. The molecule has 0 aliphatic rings. The van der Waals surface area contributed by atoms with Gasteiger partial charge in [0.25, 0.3) is 0 Å². The third kappa shape index (κ3) is 2.64. The molecule has 0 fully saturated rings. The zero-order chi connectivity index (χ0) is 11.5. The Morgan fingerprint density at radius 2 is 2.00 bits per heavy atom. The largest absolute Gasteiger partial charge is 0.469 e. The van der Waals surface area contributed by atoms with E-state index in [-0.39, 0.29) is 11.2 Å². The quantitative estimate of drug-likeness (QED) is 0.729. The molecule has 1 atom stereocenters. The summed E-state index contributed by atoms with van der Waals surface area (Å²) >= 11 is 6.24. The van der Waals surface area contributed by atoms with Crippen molar-refractivity contribution in [2.75, 3.05) is 0 Å². The lowest BCUT2D eigenvalue weighted by atomic mass is 10.1. The summed E-state index contributed by atoms with van der Waals surface area (Å²) < 4.78 is 17.9. The molecule has 0 aliphatic carbocycles. The fourth-order valence-electron chi connectivity index (χ4n) is 1.57. The molecule has 16 heavy (non-hydrogen) atoms. The molecule has 0 saturated heterocycles. The van der Waals surface area contributed by atoms with Crippen LogP contribution in [0.25, 0.3) is 0 Å². The minimum Gasteiger partial charge on any atom is -0.469 e. The summed E-state index contributed by atoms with van der Waals surface area (Å²) in [5.41, 5.74) is 1.98. The van der Waals surface area contributed by atoms with Crippen LogP contribution in [0.1, 0.15) is 22.3 Å². The third-order valence-electron chi connectivity index (χ3n) is 2.44. The van der Waals surface area contributed by atoms with Gasteiger partial charge in [0, 0.05) is 5.56 Å². The van der Waals surface area contributed by atoms with Gasteiger partial charge >= 0.3 is 0 Å². The number of aryl methyl sites for hydroxylation is 1. The van der Waals surface area contributed by atoms with E-state index in [2.05, 4.69) is 0 Å².